The molecule has 0 radical (unpaired) electrons. The third-order valence-electron chi connectivity index (χ3n) is 9.85. The first-order valence-electron chi connectivity index (χ1n) is 17.0. The average molecular weight is 639 g/mol. The van der Waals surface area contributed by atoms with Crippen LogP contribution in [0.25, 0.3) is 77.8 Å². The molecule has 1 aliphatic rings. The normalized spacial score (nSPS) is 11.6. The first-order valence-corrected chi connectivity index (χ1v) is 17.0. The fourth-order valence-electron chi connectivity index (χ4n) is 7.41. The molecule has 8 aromatic carbocycles. The predicted molar refractivity (Wildman–Crippen MR) is 207 cm³/mol. The van der Waals surface area contributed by atoms with Gasteiger partial charge in [0.05, 0.1) is 0 Å². The van der Waals surface area contributed by atoms with Crippen molar-refractivity contribution in [2.75, 3.05) is 4.90 Å². The third-order valence-corrected chi connectivity index (χ3v) is 9.85. The highest BCUT2D eigenvalue weighted by Crippen LogP contribution is 2.50. The fourth-order valence-corrected chi connectivity index (χ4v) is 7.41. The van der Waals surface area contributed by atoms with Crippen LogP contribution in [0.5, 0.6) is 0 Å². The number of nitrogens with zero attached hydrogens (tertiary/aromatic N) is 2. The summed E-state index contributed by atoms with van der Waals surface area (Å²) < 4.78 is 6.57. The van der Waals surface area contributed by atoms with Crippen LogP contribution in [0, 0.1) is 0 Å². The summed E-state index contributed by atoms with van der Waals surface area (Å²) in [6.45, 7) is 0. The second-order valence-corrected chi connectivity index (χ2v) is 12.8. The van der Waals surface area contributed by atoms with Crippen LogP contribution in [-0.4, -0.2) is 4.98 Å². The van der Waals surface area contributed by atoms with Gasteiger partial charge in [0.15, 0.2) is 5.76 Å². The molecular weight excluding hydrogens is 609 g/mol. The van der Waals surface area contributed by atoms with E-state index in [0.29, 0.717) is 5.89 Å². The summed E-state index contributed by atoms with van der Waals surface area (Å²) in [4.78, 5) is 7.39. The minimum absolute atomic E-state index is 0.628. The summed E-state index contributed by atoms with van der Waals surface area (Å²) in [5.74, 6) is 1.47. The Labute approximate surface area is 290 Å². The summed E-state index contributed by atoms with van der Waals surface area (Å²) in [6.07, 6.45) is 0. The number of aromatic nitrogens is 1. The molecule has 0 amide bonds. The summed E-state index contributed by atoms with van der Waals surface area (Å²) in [5, 5.41) is 4.93. The maximum Gasteiger partial charge on any atom is 0.227 e. The lowest BCUT2D eigenvalue weighted by Gasteiger charge is -2.26. The summed E-state index contributed by atoms with van der Waals surface area (Å²) in [6, 6.07) is 64.4. The third kappa shape index (κ3) is 4.63. The Morgan fingerprint density at radius 3 is 1.50 bits per heavy atom. The highest BCUT2D eigenvalue weighted by atomic mass is 16.4. The van der Waals surface area contributed by atoms with Crippen LogP contribution in [0.1, 0.15) is 0 Å². The zero-order chi connectivity index (χ0) is 33.0. The molecule has 3 heteroatoms. The number of hydrogen-bond donors (Lipinski definition) is 0. The highest BCUT2D eigenvalue weighted by Gasteiger charge is 2.29. The molecule has 50 heavy (non-hydrogen) atoms. The van der Waals surface area contributed by atoms with Gasteiger partial charge in [0, 0.05) is 39.1 Å². The van der Waals surface area contributed by atoms with Gasteiger partial charge in [0.2, 0.25) is 5.89 Å². The smallest absolute Gasteiger partial charge is 0.227 e. The molecule has 0 fully saturated rings. The van der Waals surface area contributed by atoms with Crippen molar-refractivity contribution in [3.05, 3.63) is 182 Å². The minimum atomic E-state index is 0.628. The van der Waals surface area contributed by atoms with E-state index in [1.807, 2.05) is 0 Å². The largest absolute Gasteiger partial charge is 0.435 e. The van der Waals surface area contributed by atoms with Gasteiger partial charge in [-0.2, -0.15) is 0 Å². The van der Waals surface area contributed by atoms with Crippen LogP contribution >= 0.6 is 0 Å². The molecule has 3 nitrogen and oxygen atoms in total. The Morgan fingerprint density at radius 2 is 0.900 bits per heavy atom. The molecule has 1 aromatic heterocycles. The number of anilines is 3. The van der Waals surface area contributed by atoms with Crippen LogP contribution in [0.2, 0.25) is 0 Å². The summed E-state index contributed by atoms with van der Waals surface area (Å²) in [5.41, 5.74) is 12.1. The van der Waals surface area contributed by atoms with Gasteiger partial charge >= 0.3 is 0 Å². The molecule has 0 saturated carbocycles. The van der Waals surface area contributed by atoms with Gasteiger partial charge in [0.1, 0.15) is 5.69 Å². The Hall–Kier alpha value is -6.71. The summed E-state index contributed by atoms with van der Waals surface area (Å²) >= 11 is 0. The van der Waals surface area contributed by atoms with Crippen molar-refractivity contribution in [2.45, 2.75) is 0 Å². The van der Waals surface area contributed by atoms with Crippen LogP contribution in [0.3, 0.4) is 0 Å². The maximum absolute atomic E-state index is 6.57. The Morgan fingerprint density at radius 1 is 0.400 bits per heavy atom. The fraction of sp³-hybridized carbons (Fsp3) is 0. The molecule has 0 saturated heterocycles. The van der Waals surface area contributed by atoms with Gasteiger partial charge in [-0.3, -0.25) is 0 Å². The predicted octanol–water partition coefficient (Wildman–Crippen LogP) is 13.1. The van der Waals surface area contributed by atoms with Crippen LogP contribution in [-0.2, 0) is 0 Å². The Kier molecular flexibility index (Phi) is 6.49. The van der Waals surface area contributed by atoms with Crippen molar-refractivity contribution < 1.29 is 4.42 Å². The van der Waals surface area contributed by atoms with E-state index in [9.17, 15) is 0 Å². The molecule has 9 aromatic rings. The maximum atomic E-state index is 6.57. The van der Waals surface area contributed by atoms with Crippen molar-refractivity contribution in [1.29, 1.82) is 0 Å². The average Bonchev–Trinajstić information content (AvgIpc) is 3.76. The van der Waals surface area contributed by atoms with Gasteiger partial charge in [-0.05, 0) is 93.0 Å². The monoisotopic (exact) mass is 638 g/mol. The Bertz CT molecular complexity index is 2580. The lowest BCUT2D eigenvalue weighted by Crippen LogP contribution is -2.09. The second kappa shape index (κ2) is 11.5. The molecule has 0 bridgehead atoms. The van der Waals surface area contributed by atoms with Gasteiger partial charge in [0.25, 0.3) is 0 Å². The first kappa shape index (κ1) is 28.3. The van der Waals surface area contributed by atoms with Crippen molar-refractivity contribution >= 4 is 38.6 Å². The molecule has 1 aliphatic carbocycles. The first-order chi connectivity index (χ1) is 24.8. The Balaban J connectivity index is 1.02. The SMILES string of the molecule is c1ccc(-c2ccc(N(c3ccc(-c4ccccc4)cc3)c3ccc(-c4nc5c(o4)-c4cccc6c4c-5cc4ccccc46)cc3)cc2)cc1. The number of rotatable bonds is 6. The molecule has 0 spiro atoms. The molecule has 0 aliphatic heterocycles. The minimum Gasteiger partial charge on any atom is -0.435 e. The van der Waals surface area contributed by atoms with Crippen LogP contribution < -0.4 is 4.90 Å². The summed E-state index contributed by atoms with van der Waals surface area (Å²) in [7, 11) is 0. The van der Waals surface area contributed by atoms with Crippen molar-refractivity contribution in [1.82, 2.24) is 4.98 Å². The van der Waals surface area contributed by atoms with Crippen molar-refractivity contribution in [3.8, 4) is 56.3 Å². The molecule has 1 heterocycles. The number of benzene rings is 8. The second-order valence-electron chi connectivity index (χ2n) is 12.8. The van der Waals surface area contributed by atoms with E-state index < -0.39 is 0 Å². The molecule has 0 N–H and O–H groups in total. The highest BCUT2D eigenvalue weighted by molar-refractivity contribution is 6.22. The lowest BCUT2D eigenvalue weighted by molar-refractivity contribution is 0.590. The van der Waals surface area contributed by atoms with E-state index in [1.54, 1.807) is 0 Å². The molecule has 0 atom stereocenters. The molecule has 0 unspecified atom stereocenters. The van der Waals surface area contributed by atoms with E-state index in [2.05, 4.69) is 187 Å². The molecular formula is C47H30N2O. The number of oxazole rings is 1. The topological polar surface area (TPSA) is 29.3 Å². The van der Waals surface area contributed by atoms with Crippen molar-refractivity contribution in [3.63, 3.8) is 0 Å². The van der Waals surface area contributed by atoms with Crippen molar-refractivity contribution in [2.24, 2.45) is 0 Å². The van der Waals surface area contributed by atoms with E-state index >= 15 is 0 Å². The molecule has 10 rings (SSSR count). The van der Waals surface area contributed by atoms with E-state index in [-0.39, 0.29) is 0 Å². The number of fused-ring (bicyclic) bond motifs is 5. The van der Waals surface area contributed by atoms with Gasteiger partial charge in [-0.1, -0.05) is 127 Å². The number of hydrogen-bond acceptors (Lipinski definition) is 3. The van der Waals surface area contributed by atoms with Gasteiger partial charge < -0.3 is 9.32 Å². The van der Waals surface area contributed by atoms with E-state index in [4.69, 9.17) is 9.40 Å². The van der Waals surface area contributed by atoms with Crippen LogP contribution in [0.15, 0.2) is 186 Å². The zero-order valence-electron chi connectivity index (χ0n) is 27.1. The van der Waals surface area contributed by atoms with Crippen LogP contribution in [0.4, 0.5) is 17.1 Å². The lowest BCUT2D eigenvalue weighted by atomic mass is 9.97. The standard InChI is InChI=1S/C47H30N2O/c1-3-10-31(11-4-1)33-18-24-37(25-19-33)49(38-26-20-34(21-27-38)32-12-5-2-6-13-32)39-28-22-35(23-29-39)47-48-45-43-30-36-14-7-8-15-40(36)41-16-9-17-42(44(41)43)46(45)50-47/h1-30H. The van der Waals surface area contributed by atoms with E-state index in [1.165, 1.54) is 43.8 Å². The molecule has 234 valence electrons. The quantitative estimate of drug-likeness (QED) is 0.170. The zero-order valence-corrected chi connectivity index (χ0v) is 27.1. The van der Waals surface area contributed by atoms with Gasteiger partial charge in [-0.25, -0.2) is 4.98 Å². The van der Waals surface area contributed by atoms with Gasteiger partial charge in [-0.15, -0.1) is 0 Å². The van der Waals surface area contributed by atoms with E-state index in [0.717, 1.165) is 45.2 Å².